The molecular formula is C13H13ClN2O2. The van der Waals surface area contributed by atoms with Crippen LogP contribution in [-0.4, -0.2) is 11.8 Å². The standard InChI is InChI=1S/C13H13ClN2O2/c14-11-5-9-1-3-17-13(9)10(6-11)7-15-8-12-2-4-18-16-12/h2,4-6,15H,1,3,7-8H2. The predicted molar refractivity (Wildman–Crippen MR) is 67.7 cm³/mol. The SMILES string of the molecule is Clc1cc2c(c(CNCc3ccon3)c1)OCC2. The molecule has 0 spiro atoms. The molecule has 0 saturated carbocycles. The van der Waals surface area contributed by atoms with Gasteiger partial charge in [-0.05, 0) is 17.7 Å². The molecule has 0 bridgehead atoms. The van der Waals surface area contributed by atoms with E-state index in [1.807, 2.05) is 18.2 Å². The summed E-state index contributed by atoms with van der Waals surface area (Å²) in [5.41, 5.74) is 3.17. The van der Waals surface area contributed by atoms with Gasteiger partial charge in [0.2, 0.25) is 0 Å². The molecule has 2 aromatic rings. The first-order valence-electron chi connectivity index (χ1n) is 5.87. The molecule has 1 aliphatic heterocycles. The van der Waals surface area contributed by atoms with Crippen molar-refractivity contribution in [3.8, 4) is 5.75 Å². The fourth-order valence-corrected chi connectivity index (χ4v) is 2.39. The molecule has 0 saturated heterocycles. The third kappa shape index (κ3) is 2.35. The topological polar surface area (TPSA) is 47.3 Å². The Morgan fingerprint density at radius 2 is 2.28 bits per heavy atom. The van der Waals surface area contributed by atoms with Crippen molar-refractivity contribution in [3.63, 3.8) is 0 Å². The third-order valence-electron chi connectivity index (χ3n) is 2.94. The molecule has 0 amide bonds. The van der Waals surface area contributed by atoms with Crippen LogP contribution in [0, 0.1) is 0 Å². The fourth-order valence-electron chi connectivity index (χ4n) is 2.13. The monoisotopic (exact) mass is 264 g/mol. The molecule has 94 valence electrons. The summed E-state index contributed by atoms with van der Waals surface area (Å²) in [5.74, 6) is 0.979. The van der Waals surface area contributed by atoms with Crippen LogP contribution in [0.1, 0.15) is 16.8 Å². The van der Waals surface area contributed by atoms with Gasteiger partial charge in [-0.1, -0.05) is 16.8 Å². The molecule has 0 atom stereocenters. The maximum atomic E-state index is 6.10. The number of hydrogen-bond donors (Lipinski definition) is 1. The molecule has 0 fully saturated rings. The highest BCUT2D eigenvalue weighted by Crippen LogP contribution is 2.32. The van der Waals surface area contributed by atoms with Gasteiger partial charge >= 0.3 is 0 Å². The molecule has 5 heteroatoms. The van der Waals surface area contributed by atoms with Crippen LogP contribution in [0.15, 0.2) is 29.0 Å². The summed E-state index contributed by atoms with van der Waals surface area (Å²) in [5, 5.41) is 7.90. The van der Waals surface area contributed by atoms with Crippen LogP contribution in [0.25, 0.3) is 0 Å². The zero-order valence-corrected chi connectivity index (χ0v) is 10.5. The maximum absolute atomic E-state index is 6.10. The number of hydrogen-bond acceptors (Lipinski definition) is 4. The molecule has 0 aliphatic carbocycles. The van der Waals surface area contributed by atoms with Crippen LogP contribution in [0.3, 0.4) is 0 Å². The van der Waals surface area contributed by atoms with Gasteiger partial charge in [0.1, 0.15) is 12.0 Å². The van der Waals surface area contributed by atoms with E-state index in [1.54, 1.807) is 6.26 Å². The van der Waals surface area contributed by atoms with Crippen LogP contribution in [0.5, 0.6) is 5.75 Å². The van der Waals surface area contributed by atoms with Crippen molar-refractivity contribution in [2.24, 2.45) is 0 Å². The van der Waals surface area contributed by atoms with Gasteiger partial charge in [0, 0.05) is 36.2 Å². The van der Waals surface area contributed by atoms with Gasteiger partial charge in [-0.25, -0.2) is 0 Å². The first kappa shape index (κ1) is 11.6. The summed E-state index contributed by atoms with van der Waals surface area (Å²) in [6.07, 6.45) is 2.50. The van der Waals surface area contributed by atoms with Gasteiger partial charge in [0.15, 0.2) is 0 Å². The van der Waals surface area contributed by atoms with Gasteiger partial charge < -0.3 is 14.6 Å². The van der Waals surface area contributed by atoms with E-state index < -0.39 is 0 Å². The molecule has 3 rings (SSSR count). The van der Waals surface area contributed by atoms with Gasteiger partial charge in [-0.3, -0.25) is 0 Å². The minimum Gasteiger partial charge on any atom is -0.493 e. The van der Waals surface area contributed by atoms with Crippen molar-refractivity contribution < 1.29 is 9.26 Å². The second-order valence-corrected chi connectivity index (χ2v) is 4.68. The smallest absolute Gasteiger partial charge is 0.127 e. The molecule has 1 aromatic heterocycles. The lowest BCUT2D eigenvalue weighted by atomic mass is 10.1. The molecule has 4 nitrogen and oxygen atoms in total. The van der Waals surface area contributed by atoms with Crippen molar-refractivity contribution in [2.45, 2.75) is 19.5 Å². The van der Waals surface area contributed by atoms with E-state index >= 15 is 0 Å². The van der Waals surface area contributed by atoms with Gasteiger partial charge in [0.05, 0.1) is 12.3 Å². The Balaban J connectivity index is 1.69. The Hall–Kier alpha value is -1.52. The Morgan fingerprint density at radius 1 is 1.33 bits per heavy atom. The highest BCUT2D eigenvalue weighted by atomic mass is 35.5. The van der Waals surface area contributed by atoms with Crippen molar-refractivity contribution in [1.29, 1.82) is 0 Å². The number of ether oxygens (including phenoxy) is 1. The molecule has 1 N–H and O–H groups in total. The zero-order valence-electron chi connectivity index (χ0n) is 9.78. The largest absolute Gasteiger partial charge is 0.493 e. The number of nitrogens with one attached hydrogen (secondary N) is 1. The molecule has 0 unspecified atom stereocenters. The van der Waals surface area contributed by atoms with E-state index in [0.717, 1.165) is 35.1 Å². The number of nitrogens with zero attached hydrogens (tertiary/aromatic N) is 1. The van der Waals surface area contributed by atoms with Crippen molar-refractivity contribution in [2.75, 3.05) is 6.61 Å². The molecular weight excluding hydrogens is 252 g/mol. The van der Waals surface area contributed by atoms with E-state index in [0.29, 0.717) is 13.1 Å². The third-order valence-corrected chi connectivity index (χ3v) is 3.16. The van der Waals surface area contributed by atoms with E-state index in [4.69, 9.17) is 20.9 Å². The highest BCUT2D eigenvalue weighted by molar-refractivity contribution is 6.30. The van der Waals surface area contributed by atoms with Crippen molar-refractivity contribution >= 4 is 11.6 Å². The fraction of sp³-hybridized carbons (Fsp3) is 0.308. The summed E-state index contributed by atoms with van der Waals surface area (Å²) < 4.78 is 10.4. The maximum Gasteiger partial charge on any atom is 0.127 e. The van der Waals surface area contributed by atoms with Gasteiger partial charge in [0.25, 0.3) is 0 Å². The number of fused-ring (bicyclic) bond motifs is 1. The summed E-state index contributed by atoms with van der Waals surface area (Å²) in [6, 6.07) is 5.76. The second kappa shape index (κ2) is 5.00. The summed E-state index contributed by atoms with van der Waals surface area (Å²) >= 11 is 6.10. The van der Waals surface area contributed by atoms with Crippen LogP contribution in [0.2, 0.25) is 5.02 Å². The van der Waals surface area contributed by atoms with Crippen LogP contribution in [0.4, 0.5) is 0 Å². The average molecular weight is 265 g/mol. The average Bonchev–Trinajstić information content (AvgIpc) is 2.98. The van der Waals surface area contributed by atoms with E-state index in [1.165, 1.54) is 5.56 Å². The quantitative estimate of drug-likeness (QED) is 0.922. The Kier molecular flexibility index (Phi) is 3.21. The van der Waals surface area contributed by atoms with Crippen molar-refractivity contribution in [1.82, 2.24) is 10.5 Å². The first-order valence-corrected chi connectivity index (χ1v) is 6.25. The summed E-state index contributed by atoms with van der Waals surface area (Å²) in [6.45, 7) is 2.11. The Labute approximate surface area is 110 Å². The first-order chi connectivity index (χ1) is 8.83. The Morgan fingerprint density at radius 3 is 3.11 bits per heavy atom. The number of benzene rings is 1. The van der Waals surface area contributed by atoms with E-state index in [-0.39, 0.29) is 0 Å². The van der Waals surface area contributed by atoms with Crippen LogP contribution < -0.4 is 10.1 Å². The van der Waals surface area contributed by atoms with E-state index in [9.17, 15) is 0 Å². The molecule has 1 aromatic carbocycles. The second-order valence-electron chi connectivity index (χ2n) is 4.25. The van der Waals surface area contributed by atoms with E-state index in [2.05, 4.69) is 10.5 Å². The normalized spacial score (nSPS) is 13.4. The van der Waals surface area contributed by atoms with Gasteiger partial charge in [-0.2, -0.15) is 0 Å². The lowest BCUT2D eigenvalue weighted by Gasteiger charge is -2.09. The zero-order chi connectivity index (χ0) is 12.4. The van der Waals surface area contributed by atoms with Crippen LogP contribution in [-0.2, 0) is 19.5 Å². The number of aromatic nitrogens is 1. The summed E-state index contributed by atoms with van der Waals surface area (Å²) in [4.78, 5) is 0. The molecule has 18 heavy (non-hydrogen) atoms. The van der Waals surface area contributed by atoms with Gasteiger partial charge in [-0.15, -0.1) is 0 Å². The minimum absolute atomic E-state index is 0.664. The summed E-state index contributed by atoms with van der Waals surface area (Å²) in [7, 11) is 0. The lowest BCUT2D eigenvalue weighted by molar-refractivity contribution is 0.352. The number of halogens is 1. The molecule has 1 aliphatic rings. The molecule has 2 heterocycles. The predicted octanol–water partition coefficient (Wildman–Crippen LogP) is 2.55. The Bertz CT molecular complexity index is 540. The van der Waals surface area contributed by atoms with Crippen LogP contribution >= 0.6 is 11.6 Å². The highest BCUT2D eigenvalue weighted by Gasteiger charge is 2.17. The lowest BCUT2D eigenvalue weighted by Crippen LogP contribution is -2.13. The minimum atomic E-state index is 0.664. The van der Waals surface area contributed by atoms with Crippen molar-refractivity contribution in [3.05, 3.63) is 46.3 Å². The molecule has 0 radical (unpaired) electrons. The number of rotatable bonds is 4.